The van der Waals surface area contributed by atoms with Gasteiger partial charge in [0.2, 0.25) is 0 Å². The van der Waals surface area contributed by atoms with Crippen LogP contribution < -0.4 is 0 Å². The first-order valence-corrected chi connectivity index (χ1v) is 24.4. The van der Waals surface area contributed by atoms with Gasteiger partial charge in [-0.2, -0.15) is 0 Å². The van der Waals surface area contributed by atoms with Crippen LogP contribution in [0.2, 0.25) is 0 Å². The number of rotatable bonds is 28. The first kappa shape index (κ1) is 43.3. The number of fused-ring (bicyclic) bond motifs is 6. The van der Waals surface area contributed by atoms with E-state index in [0.29, 0.717) is 11.8 Å². The summed E-state index contributed by atoms with van der Waals surface area (Å²) in [6, 6.07) is 19.3. The molecule has 0 N–H and O–H groups in total. The lowest BCUT2D eigenvalue weighted by Gasteiger charge is -2.20. The summed E-state index contributed by atoms with van der Waals surface area (Å²) in [5, 5.41) is 5.65. The van der Waals surface area contributed by atoms with Gasteiger partial charge >= 0.3 is 0 Å². The largest absolute Gasteiger partial charge is 0.340 e. The molecule has 2 nitrogen and oxygen atoms in total. The van der Waals surface area contributed by atoms with Gasteiger partial charge in [-0.25, -0.2) is 0 Å². The van der Waals surface area contributed by atoms with Crippen molar-refractivity contribution in [1.29, 1.82) is 0 Å². The van der Waals surface area contributed by atoms with Crippen molar-refractivity contribution >= 4 is 75.5 Å². The molecular weight excluding hydrogens is 788 g/mol. The minimum absolute atomic E-state index is 0.717. The monoisotopic (exact) mass is 860 g/mol. The van der Waals surface area contributed by atoms with Crippen LogP contribution in [0.25, 0.3) is 43.6 Å². The van der Waals surface area contributed by atoms with Gasteiger partial charge in [0.25, 0.3) is 0 Å². The van der Waals surface area contributed by atoms with Crippen LogP contribution in [0.5, 0.6) is 0 Å². The first-order chi connectivity index (χ1) is 26.5. The van der Waals surface area contributed by atoms with E-state index < -0.39 is 0 Å². The van der Waals surface area contributed by atoms with E-state index in [1.165, 1.54) is 207 Å². The van der Waals surface area contributed by atoms with E-state index in [4.69, 9.17) is 0 Å². The van der Waals surface area contributed by atoms with Crippen LogP contribution in [0, 0.1) is 11.8 Å². The standard InChI is InChI=1S/C50H74Br2N2/c1-5-9-13-17-19-23-27-39(25-21-15-11-7-3)37-53-47-33-41(51)29-31-43(47)45-36-50-46(35-49(45)53)44-32-30-42(52)34-48(44)54(50)38-40(26-22-16-12-8-4)28-24-20-18-14-10-6-2/h29-36,39-40H,5-28,37-38H2,1-4H3. The van der Waals surface area contributed by atoms with Crippen molar-refractivity contribution in [2.45, 2.75) is 195 Å². The molecule has 0 radical (unpaired) electrons. The summed E-state index contributed by atoms with van der Waals surface area (Å²) >= 11 is 7.76. The summed E-state index contributed by atoms with van der Waals surface area (Å²) in [5.41, 5.74) is 5.62. The maximum absolute atomic E-state index is 3.88. The summed E-state index contributed by atoms with van der Waals surface area (Å²) in [6.45, 7) is 11.6. The second kappa shape index (κ2) is 23.5. The first-order valence-electron chi connectivity index (χ1n) is 22.8. The number of hydrogen-bond donors (Lipinski definition) is 0. The Balaban J connectivity index is 1.53. The Labute approximate surface area is 346 Å². The van der Waals surface area contributed by atoms with Crippen LogP contribution in [0.3, 0.4) is 0 Å². The van der Waals surface area contributed by atoms with Crippen molar-refractivity contribution in [1.82, 2.24) is 9.13 Å². The molecule has 0 aliphatic rings. The van der Waals surface area contributed by atoms with Crippen molar-refractivity contribution in [3.8, 4) is 0 Å². The molecule has 5 rings (SSSR count). The normalized spacial score (nSPS) is 13.3. The molecule has 0 aliphatic heterocycles. The van der Waals surface area contributed by atoms with Crippen LogP contribution in [-0.2, 0) is 13.1 Å². The Bertz CT molecular complexity index is 1700. The van der Waals surface area contributed by atoms with Crippen molar-refractivity contribution in [3.05, 3.63) is 57.5 Å². The Morgan fingerprint density at radius 3 is 1.02 bits per heavy atom. The maximum Gasteiger partial charge on any atom is 0.0502 e. The van der Waals surface area contributed by atoms with E-state index in [-0.39, 0.29) is 0 Å². The van der Waals surface area contributed by atoms with E-state index >= 15 is 0 Å². The molecule has 0 saturated heterocycles. The maximum atomic E-state index is 3.88. The number of unbranched alkanes of at least 4 members (excludes halogenated alkanes) is 16. The molecule has 0 saturated carbocycles. The quantitative estimate of drug-likeness (QED) is 0.0444. The third kappa shape index (κ3) is 12.1. The number of hydrogen-bond acceptors (Lipinski definition) is 0. The molecule has 0 fully saturated rings. The lowest BCUT2D eigenvalue weighted by atomic mass is 9.94. The minimum Gasteiger partial charge on any atom is -0.340 e. The molecule has 3 aromatic carbocycles. The predicted molar refractivity (Wildman–Crippen MR) is 248 cm³/mol. The summed E-state index contributed by atoms with van der Waals surface area (Å²) in [7, 11) is 0. The lowest BCUT2D eigenvalue weighted by Crippen LogP contribution is -2.12. The van der Waals surface area contributed by atoms with Crippen molar-refractivity contribution in [3.63, 3.8) is 0 Å². The van der Waals surface area contributed by atoms with Gasteiger partial charge in [0.15, 0.2) is 0 Å². The fourth-order valence-electron chi connectivity index (χ4n) is 9.34. The second-order valence-electron chi connectivity index (χ2n) is 17.0. The van der Waals surface area contributed by atoms with E-state index in [9.17, 15) is 0 Å². The van der Waals surface area contributed by atoms with Crippen molar-refractivity contribution in [2.75, 3.05) is 0 Å². The zero-order chi connectivity index (χ0) is 38.1. The number of nitrogens with zero attached hydrogens (tertiary/aromatic N) is 2. The highest BCUT2D eigenvalue weighted by atomic mass is 79.9. The molecule has 2 aromatic heterocycles. The summed E-state index contributed by atoms with van der Waals surface area (Å²) in [4.78, 5) is 0. The second-order valence-corrected chi connectivity index (χ2v) is 18.8. The molecule has 2 atom stereocenters. The van der Waals surface area contributed by atoms with E-state index in [1.54, 1.807) is 0 Å². The molecule has 2 heterocycles. The summed E-state index contributed by atoms with van der Waals surface area (Å²) < 4.78 is 7.82. The highest BCUT2D eigenvalue weighted by Gasteiger charge is 2.21. The molecule has 298 valence electrons. The van der Waals surface area contributed by atoms with Gasteiger partial charge in [-0.15, -0.1) is 0 Å². The van der Waals surface area contributed by atoms with Gasteiger partial charge in [-0.1, -0.05) is 200 Å². The molecule has 0 amide bonds. The van der Waals surface area contributed by atoms with E-state index in [1.807, 2.05) is 0 Å². The highest BCUT2D eigenvalue weighted by molar-refractivity contribution is 9.10. The van der Waals surface area contributed by atoms with Gasteiger partial charge in [0, 0.05) is 54.6 Å². The van der Waals surface area contributed by atoms with Crippen LogP contribution in [-0.4, -0.2) is 9.13 Å². The Morgan fingerprint density at radius 2 is 0.667 bits per heavy atom. The summed E-state index contributed by atoms with van der Waals surface area (Å²) in [5.74, 6) is 1.43. The highest BCUT2D eigenvalue weighted by Crippen LogP contribution is 2.40. The summed E-state index contributed by atoms with van der Waals surface area (Å²) in [6.07, 6.45) is 32.7. The number of halogens is 2. The Hall–Kier alpha value is -1.78. The number of aromatic nitrogens is 2. The van der Waals surface area contributed by atoms with Crippen LogP contribution in [0.4, 0.5) is 0 Å². The topological polar surface area (TPSA) is 9.86 Å². The fraction of sp³-hybridized carbons (Fsp3) is 0.640. The predicted octanol–water partition coefficient (Wildman–Crippen LogP) is 18.1. The molecule has 5 aromatic rings. The molecule has 2 unspecified atom stereocenters. The van der Waals surface area contributed by atoms with Gasteiger partial charge in [0.1, 0.15) is 0 Å². The van der Waals surface area contributed by atoms with Gasteiger partial charge in [-0.05, 0) is 73.9 Å². The Morgan fingerprint density at radius 1 is 0.370 bits per heavy atom. The third-order valence-electron chi connectivity index (χ3n) is 12.5. The molecule has 0 aliphatic carbocycles. The zero-order valence-electron chi connectivity index (χ0n) is 34.8. The van der Waals surface area contributed by atoms with Crippen LogP contribution >= 0.6 is 31.9 Å². The third-order valence-corrected chi connectivity index (χ3v) is 13.5. The SMILES string of the molecule is CCCCCCCCC(CCCCCC)Cn1c2cc(Br)ccc2c2cc3c(cc21)c1ccc(Br)cc1n3CC(CCCCCC)CCCCCCCC. The molecule has 4 heteroatoms. The van der Waals surface area contributed by atoms with Crippen LogP contribution in [0.1, 0.15) is 182 Å². The van der Waals surface area contributed by atoms with Crippen molar-refractivity contribution in [2.24, 2.45) is 11.8 Å². The average Bonchev–Trinajstić information content (AvgIpc) is 3.62. The minimum atomic E-state index is 0.717. The smallest absolute Gasteiger partial charge is 0.0502 e. The Kier molecular flexibility index (Phi) is 18.8. The molecule has 0 bridgehead atoms. The lowest BCUT2D eigenvalue weighted by molar-refractivity contribution is 0.365. The molecule has 54 heavy (non-hydrogen) atoms. The van der Waals surface area contributed by atoms with Gasteiger partial charge < -0.3 is 9.13 Å². The average molecular weight is 863 g/mol. The van der Waals surface area contributed by atoms with Crippen molar-refractivity contribution < 1.29 is 0 Å². The molecule has 0 spiro atoms. The number of benzene rings is 3. The zero-order valence-corrected chi connectivity index (χ0v) is 38.0. The van der Waals surface area contributed by atoms with E-state index in [0.717, 1.165) is 13.1 Å². The van der Waals surface area contributed by atoms with Gasteiger partial charge in [0.05, 0.1) is 11.0 Å². The fourth-order valence-corrected chi connectivity index (χ4v) is 10.0. The molecular formula is C50H74Br2N2. The van der Waals surface area contributed by atoms with Gasteiger partial charge in [-0.3, -0.25) is 0 Å². The van der Waals surface area contributed by atoms with Crippen LogP contribution in [0.15, 0.2) is 57.5 Å². The van der Waals surface area contributed by atoms with E-state index in [2.05, 4.69) is 117 Å².